The SMILES string of the molecule is O=C(N[C@@H](Cc1ccccc1)C(=O)O)c1ccc2cc(O[C@@H]3OC[C@@H](O)[C@H](O)[C@H]3O)ccc2c1. The van der Waals surface area contributed by atoms with Crippen molar-refractivity contribution in [3.63, 3.8) is 0 Å². The van der Waals surface area contributed by atoms with Crippen LogP contribution in [0.25, 0.3) is 10.8 Å². The van der Waals surface area contributed by atoms with Crippen molar-refractivity contribution in [2.24, 2.45) is 0 Å². The smallest absolute Gasteiger partial charge is 0.326 e. The molecule has 1 aliphatic rings. The van der Waals surface area contributed by atoms with Crippen LogP contribution in [-0.4, -0.2) is 69.6 Å². The lowest BCUT2D eigenvalue weighted by Crippen LogP contribution is -2.54. The molecule has 34 heavy (non-hydrogen) atoms. The zero-order chi connectivity index (χ0) is 24.2. The van der Waals surface area contributed by atoms with Gasteiger partial charge in [0.25, 0.3) is 5.91 Å². The summed E-state index contributed by atoms with van der Waals surface area (Å²) in [4.78, 5) is 24.4. The van der Waals surface area contributed by atoms with Gasteiger partial charge in [-0.3, -0.25) is 4.79 Å². The molecule has 3 aromatic carbocycles. The molecule has 0 unspecified atom stereocenters. The number of aliphatic hydroxyl groups is 3. The van der Waals surface area contributed by atoms with Gasteiger partial charge in [-0.2, -0.15) is 0 Å². The van der Waals surface area contributed by atoms with Crippen molar-refractivity contribution < 1.29 is 39.5 Å². The number of hydrogen-bond acceptors (Lipinski definition) is 7. The topological polar surface area (TPSA) is 146 Å². The Bertz CT molecular complexity index is 1170. The molecular formula is C25H25NO8. The van der Waals surface area contributed by atoms with E-state index >= 15 is 0 Å². The molecule has 1 aliphatic heterocycles. The molecule has 0 saturated carbocycles. The maximum Gasteiger partial charge on any atom is 0.326 e. The van der Waals surface area contributed by atoms with Gasteiger partial charge in [0, 0.05) is 12.0 Å². The van der Waals surface area contributed by atoms with E-state index in [2.05, 4.69) is 5.32 Å². The molecule has 5 N–H and O–H groups in total. The number of ether oxygens (including phenoxy) is 2. The molecule has 0 radical (unpaired) electrons. The highest BCUT2D eigenvalue weighted by Crippen LogP contribution is 2.25. The minimum absolute atomic E-state index is 0.164. The van der Waals surface area contributed by atoms with Crippen molar-refractivity contribution in [1.29, 1.82) is 0 Å². The number of aliphatic hydroxyl groups excluding tert-OH is 3. The number of fused-ring (bicyclic) bond motifs is 1. The van der Waals surface area contributed by atoms with Crippen LogP contribution in [0.2, 0.25) is 0 Å². The van der Waals surface area contributed by atoms with Crippen LogP contribution < -0.4 is 10.1 Å². The van der Waals surface area contributed by atoms with Gasteiger partial charge in [-0.25, -0.2) is 4.79 Å². The number of carbonyl (C=O) groups excluding carboxylic acids is 1. The van der Waals surface area contributed by atoms with Crippen LogP contribution in [0.1, 0.15) is 15.9 Å². The van der Waals surface area contributed by atoms with E-state index in [0.717, 1.165) is 16.3 Å². The van der Waals surface area contributed by atoms with Crippen molar-refractivity contribution in [3.05, 3.63) is 77.9 Å². The second-order valence-electron chi connectivity index (χ2n) is 8.15. The van der Waals surface area contributed by atoms with E-state index in [1.54, 1.807) is 48.5 Å². The summed E-state index contributed by atoms with van der Waals surface area (Å²) in [6.07, 6.45) is -4.96. The van der Waals surface area contributed by atoms with Crippen molar-refractivity contribution in [1.82, 2.24) is 5.32 Å². The highest BCUT2D eigenvalue weighted by molar-refractivity contribution is 6.00. The summed E-state index contributed by atoms with van der Waals surface area (Å²) >= 11 is 0. The zero-order valence-corrected chi connectivity index (χ0v) is 18.1. The molecular weight excluding hydrogens is 442 g/mol. The lowest BCUT2D eigenvalue weighted by Gasteiger charge is -2.34. The van der Waals surface area contributed by atoms with E-state index in [1.807, 2.05) is 18.2 Å². The van der Waals surface area contributed by atoms with Crippen LogP contribution in [0.5, 0.6) is 5.75 Å². The summed E-state index contributed by atoms with van der Waals surface area (Å²) < 4.78 is 10.9. The monoisotopic (exact) mass is 467 g/mol. The first kappa shape index (κ1) is 23.7. The Morgan fingerprint density at radius 2 is 1.68 bits per heavy atom. The molecule has 4 rings (SSSR count). The van der Waals surface area contributed by atoms with Gasteiger partial charge in [-0.05, 0) is 40.6 Å². The Hall–Kier alpha value is -3.50. The van der Waals surface area contributed by atoms with E-state index in [0.29, 0.717) is 11.3 Å². The van der Waals surface area contributed by atoms with Crippen molar-refractivity contribution in [2.75, 3.05) is 6.61 Å². The first-order valence-electron chi connectivity index (χ1n) is 10.8. The molecule has 9 nitrogen and oxygen atoms in total. The quantitative estimate of drug-likeness (QED) is 0.347. The number of hydrogen-bond donors (Lipinski definition) is 5. The number of aliphatic carboxylic acids is 1. The van der Waals surface area contributed by atoms with Gasteiger partial charge in [0.1, 0.15) is 30.1 Å². The lowest BCUT2D eigenvalue weighted by atomic mass is 10.0. The molecule has 0 aromatic heterocycles. The summed E-state index contributed by atoms with van der Waals surface area (Å²) in [5, 5.41) is 42.9. The van der Waals surface area contributed by atoms with Gasteiger partial charge in [-0.15, -0.1) is 0 Å². The summed E-state index contributed by atoms with van der Waals surface area (Å²) in [6, 6.07) is 17.9. The fraction of sp³-hybridized carbons (Fsp3) is 0.280. The molecule has 0 spiro atoms. The predicted molar refractivity (Wildman–Crippen MR) is 121 cm³/mol. The number of carboxylic acids is 1. The van der Waals surface area contributed by atoms with Crippen LogP contribution in [0.15, 0.2) is 66.7 Å². The molecule has 0 bridgehead atoms. The molecule has 1 amide bonds. The molecule has 1 heterocycles. The first-order valence-corrected chi connectivity index (χ1v) is 10.8. The van der Waals surface area contributed by atoms with Crippen LogP contribution in [0.3, 0.4) is 0 Å². The second-order valence-corrected chi connectivity index (χ2v) is 8.15. The number of nitrogens with one attached hydrogen (secondary N) is 1. The number of benzene rings is 3. The van der Waals surface area contributed by atoms with Gasteiger partial charge < -0.3 is 35.2 Å². The molecule has 5 atom stereocenters. The number of amides is 1. The number of rotatable bonds is 7. The van der Waals surface area contributed by atoms with Crippen molar-refractivity contribution >= 4 is 22.6 Å². The molecule has 1 fully saturated rings. The largest absolute Gasteiger partial charge is 0.480 e. The van der Waals surface area contributed by atoms with Gasteiger partial charge in [-0.1, -0.05) is 42.5 Å². The average molecular weight is 467 g/mol. The van der Waals surface area contributed by atoms with E-state index in [-0.39, 0.29) is 13.0 Å². The Labute approximate surface area is 195 Å². The predicted octanol–water partition coefficient (Wildman–Crippen LogP) is 1.08. The van der Waals surface area contributed by atoms with Gasteiger partial charge in [0.2, 0.25) is 6.29 Å². The molecule has 0 aliphatic carbocycles. The zero-order valence-electron chi connectivity index (χ0n) is 18.1. The first-order chi connectivity index (χ1) is 16.3. The maximum atomic E-state index is 12.7. The van der Waals surface area contributed by atoms with Crippen LogP contribution >= 0.6 is 0 Å². The fourth-order valence-corrected chi connectivity index (χ4v) is 3.75. The Morgan fingerprint density at radius 1 is 0.971 bits per heavy atom. The van der Waals surface area contributed by atoms with Crippen molar-refractivity contribution in [3.8, 4) is 5.75 Å². The third-order valence-electron chi connectivity index (χ3n) is 5.67. The van der Waals surface area contributed by atoms with E-state index in [1.165, 1.54) is 0 Å². The third kappa shape index (κ3) is 5.35. The highest BCUT2D eigenvalue weighted by Gasteiger charge is 2.39. The summed E-state index contributed by atoms with van der Waals surface area (Å²) in [5.41, 5.74) is 1.11. The van der Waals surface area contributed by atoms with E-state index in [9.17, 15) is 30.0 Å². The van der Waals surface area contributed by atoms with Crippen LogP contribution in [0.4, 0.5) is 0 Å². The summed E-state index contributed by atoms with van der Waals surface area (Å²) in [5.74, 6) is -1.26. The fourth-order valence-electron chi connectivity index (χ4n) is 3.75. The molecule has 9 heteroatoms. The lowest BCUT2D eigenvalue weighted by molar-refractivity contribution is -0.242. The molecule has 178 valence electrons. The Kier molecular flexibility index (Phi) is 7.09. The van der Waals surface area contributed by atoms with E-state index in [4.69, 9.17) is 9.47 Å². The van der Waals surface area contributed by atoms with E-state index < -0.39 is 42.5 Å². The Morgan fingerprint density at radius 3 is 2.41 bits per heavy atom. The maximum absolute atomic E-state index is 12.7. The Balaban J connectivity index is 1.45. The standard InChI is InChI=1S/C25H25NO8/c27-20-13-33-25(22(29)21(20)28)34-18-9-8-15-11-17(7-6-16(15)12-18)23(30)26-19(24(31)32)10-14-4-2-1-3-5-14/h1-9,11-12,19-22,25,27-29H,10,13H2,(H,26,30)(H,31,32)/t19-,20+,21-,22+,25-/m0/s1. The molecule has 1 saturated heterocycles. The van der Waals surface area contributed by atoms with Gasteiger partial charge in [0.15, 0.2) is 0 Å². The summed E-state index contributed by atoms with van der Waals surface area (Å²) in [7, 11) is 0. The van der Waals surface area contributed by atoms with Crippen molar-refractivity contribution in [2.45, 2.75) is 37.1 Å². The van der Waals surface area contributed by atoms with Crippen LogP contribution in [-0.2, 0) is 16.0 Å². The number of carboxylic acid groups (broad SMARTS) is 1. The van der Waals surface area contributed by atoms with Gasteiger partial charge in [0.05, 0.1) is 6.61 Å². The minimum atomic E-state index is -1.41. The third-order valence-corrected chi connectivity index (χ3v) is 5.67. The van der Waals surface area contributed by atoms with Gasteiger partial charge >= 0.3 is 5.97 Å². The normalized spacial score (nSPS) is 23.3. The second kappa shape index (κ2) is 10.2. The minimum Gasteiger partial charge on any atom is -0.480 e. The number of carbonyl (C=O) groups is 2. The summed E-state index contributed by atoms with van der Waals surface area (Å²) in [6.45, 7) is -0.170. The highest BCUT2D eigenvalue weighted by atomic mass is 16.7. The van der Waals surface area contributed by atoms with Crippen LogP contribution in [0, 0.1) is 0 Å². The molecule has 3 aromatic rings. The average Bonchev–Trinajstić information content (AvgIpc) is 2.84.